The van der Waals surface area contributed by atoms with Crippen LogP contribution in [0.2, 0.25) is 0 Å². The summed E-state index contributed by atoms with van der Waals surface area (Å²) in [5, 5.41) is 11.5. The van der Waals surface area contributed by atoms with Crippen molar-refractivity contribution in [1.29, 1.82) is 0 Å². The largest absolute Gasteiger partial charge is 0.378 e. The molecule has 2 aromatic rings. The summed E-state index contributed by atoms with van der Waals surface area (Å²) in [6, 6.07) is 7.86. The van der Waals surface area contributed by atoms with Crippen molar-refractivity contribution in [2.75, 3.05) is 42.3 Å². The van der Waals surface area contributed by atoms with E-state index in [0.29, 0.717) is 19.0 Å². The maximum atomic E-state index is 12.2. The number of hydrogen-bond acceptors (Lipinski definition) is 6. The molecule has 122 valence electrons. The van der Waals surface area contributed by atoms with Crippen LogP contribution in [0.3, 0.4) is 0 Å². The monoisotopic (exact) mass is 333 g/mol. The van der Waals surface area contributed by atoms with Gasteiger partial charge in [0, 0.05) is 20.1 Å². The van der Waals surface area contributed by atoms with Crippen LogP contribution in [-0.2, 0) is 16.6 Å². The maximum Gasteiger partial charge on any atom is 0.234 e. The number of nitrogens with one attached hydrogen (secondary N) is 1. The topological polar surface area (TPSA) is 72.3 Å². The van der Waals surface area contributed by atoms with Crippen molar-refractivity contribution in [2.45, 2.75) is 5.16 Å². The lowest BCUT2D eigenvalue weighted by molar-refractivity contribution is -0.113. The Morgan fingerprint density at radius 2 is 2.13 bits per heavy atom. The lowest BCUT2D eigenvalue weighted by Crippen LogP contribution is -2.36. The summed E-state index contributed by atoms with van der Waals surface area (Å²) < 4.78 is 7.18. The number of benzene rings is 1. The molecule has 0 atom stereocenters. The van der Waals surface area contributed by atoms with Crippen LogP contribution in [0.15, 0.2) is 35.7 Å². The van der Waals surface area contributed by atoms with Crippen molar-refractivity contribution >= 4 is 29.0 Å². The van der Waals surface area contributed by atoms with Gasteiger partial charge in [0.25, 0.3) is 0 Å². The van der Waals surface area contributed by atoms with Gasteiger partial charge in [-0.2, -0.15) is 0 Å². The highest BCUT2D eigenvalue weighted by Crippen LogP contribution is 2.26. The first kappa shape index (κ1) is 15.8. The summed E-state index contributed by atoms with van der Waals surface area (Å²) in [7, 11) is 1.86. The molecule has 7 nitrogen and oxygen atoms in total. The fourth-order valence-corrected chi connectivity index (χ4v) is 3.07. The first-order valence-corrected chi connectivity index (χ1v) is 8.41. The Kier molecular flexibility index (Phi) is 5.14. The molecule has 3 rings (SSSR count). The molecule has 0 bridgehead atoms. The van der Waals surface area contributed by atoms with E-state index in [0.717, 1.165) is 29.6 Å². The molecule has 2 heterocycles. The summed E-state index contributed by atoms with van der Waals surface area (Å²) in [4.78, 5) is 14.5. The van der Waals surface area contributed by atoms with Crippen LogP contribution < -0.4 is 10.2 Å². The molecule has 0 radical (unpaired) electrons. The number of anilines is 2. The van der Waals surface area contributed by atoms with Crippen LogP contribution >= 0.6 is 11.8 Å². The van der Waals surface area contributed by atoms with Crippen molar-refractivity contribution < 1.29 is 9.53 Å². The van der Waals surface area contributed by atoms with Crippen LogP contribution in [-0.4, -0.2) is 52.7 Å². The normalized spacial score (nSPS) is 14.7. The summed E-state index contributed by atoms with van der Waals surface area (Å²) in [6.45, 7) is 3.09. The molecule has 1 fully saturated rings. The fraction of sp³-hybridized carbons (Fsp3) is 0.400. The molecule has 1 aromatic heterocycles. The lowest BCUT2D eigenvalue weighted by atomic mass is 10.2. The zero-order chi connectivity index (χ0) is 16.1. The third-order valence-electron chi connectivity index (χ3n) is 3.53. The summed E-state index contributed by atoms with van der Waals surface area (Å²) >= 11 is 1.37. The Morgan fingerprint density at radius 3 is 2.87 bits per heavy atom. The first-order chi connectivity index (χ1) is 11.2. The van der Waals surface area contributed by atoms with Gasteiger partial charge in [0.15, 0.2) is 5.16 Å². The highest BCUT2D eigenvalue weighted by molar-refractivity contribution is 7.99. The lowest BCUT2D eigenvalue weighted by Gasteiger charge is -2.30. The smallest absolute Gasteiger partial charge is 0.234 e. The van der Waals surface area contributed by atoms with E-state index in [9.17, 15) is 4.79 Å². The molecule has 1 aliphatic rings. The van der Waals surface area contributed by atoms with Crippen molar-refractivity contribution in [2.24, 2.45) is 7.05 Å². The standard InChI is InChI=1S/C15H19N5O2S/c1-19-11-16-18-15(19)23-10-14(21)17-12-4-2-3-5-13(12)20-6-8-22-9-7-20/h2-5,11H,6-10H2,1H3,(H,17,21). The third-order valence-corrected chi connectivity index (χ3v) is 4.57. The van der Waals surface area contributed by atoms with Crippen molar-refractivity contribution in [3.05, 3.63) is 30.6 Å². The van der Waals surface area contributed by atoms with E-state index in [1.165, 1.54) is 11.8 Å². The second-order valence-corrected chi connectivity index (χ2v) is 6.12. The highest BCUT2D eigenvalue weighted by Gasteiger charge is 2.16. The fourth-order valence-electron chi connectivity index (χ4n) is 2.38. The molecule has 0 unspecified atom stereocenters. The number of aryl methyl sites for hydroxylation is 1. The molecule has 1 aromatic carbocycles. The number of nitrogens with zero attached hydrogens (tertiary/aromatic N) is 4. The zero-order valence-electron chi connectivity index (χ0n) is 12.9. The van der Waals surface area contributed by atoms with Gasteiger partial charge in [-0.25, -0.2) is 0 Å². The van der Waals surface area contributed by atoms with Crippen LogP contribution in [0.1, 0.15) is 0 Å². The molecule has 8 heteroatoms. The predicted molar refractivity (Wildman–Crippen MR) is 89.8 cm³/mol. The second kappa shape index (κ2) is 7.47. The highest BCUT2D eigenvalue weighted by atomic mass is 32.2. The minimum atomic E-state index is -0.0568. The molecule has 0 saturated carbocycles. The van der Waals surface area contributed by atoms with Gasteiger partial charge in [-0.05, 0) is 12.1 Å². The number of hydrogen-bond donors (Lipinski definition) is 1. The number of thioether (sulfide) groups is 1. The SMILES string of the molecule is Cn1cnnc1SCC(=O)Nc1ccccc1N1CCOCC1. The molecule has 1 N–H and O–H groups in total. The van der Waals surface area contributed by atoms with Gasteiger partial charge in [-0.15, -0.1) is 10.2 Å². The van der Waals surface area contributed by atoms with Crippen molar-refractivity contribution in [1.82, 2.24) is 14.8 Å². The Morgan fingerprint density at radius 1 is 1.35 bits per heavy atom. The van der Waals surface area contributed by atoms with Gasteiger partial charge < -0.3 is 19.5 Å². The van der Waals surface area contributed by atoms with E-state index < -0.39 is 0 Å². The van der Waals surface area contributed by atoms with Crippen LogP contribution in [0, 0.1) is 0 Å². The molecule has 1 aliphatic heterocycles. The number of para-hydroxylation sites is 2. The summed E-state index contributed by atoms with van der Waals surface area (Å²) in [5.74, 6) is 0.239. The average molecular weight is 333 g/mol. The molecule has 0 spiro atoms. The molecular weight excluding hydrogens is 314 g/mol. The number of carbonyl (C=O) groups is 1. The number of amides is 1. The number of morpholine rings is 1. The summed E-state index contributed by atoms with van der Waals surface area (Å²) in [6.07, 6.45) is 1.62. The van der Waals surface area contributed by atoms with E-state index in [2.05, 4.69) is 20.4 Å². The quantitative estimate of drug-likeness (QED) is 0.834. The number of aromatic nitrogens is 3. The van der Waals surface area contributed by atoms with Crippen LogP contribution in [0.5, 0.6) is 0 Å². The number of carbonyl (C=O) groups excluding carboxylic acids is 1. The van der Waals surface area contributed by atoms with Gasteiger partial charge in [-0.1, -0.05) is 23.9 Å². The molecule has 0 aliphatic carbocycles. The number of rotatable bonds is 5. The minimum Gasteiger partial charge on any atom is -0.378 e. The van der Waals surface area contributed by atoms with Crippen LogP contribution in [0.4, 0.5) is 11.4 Å². The first-order valence-electron chi connectivity index (χ1n) is 7.42. The van der Waals surface area contributed by atoms with Gasteiger partial charge in [0.2, 0.25) is 5.91 Å². The predicted octanol–water partition coefficient (Wildman–Crippen LogP) is 1.38. The minimum absolute atomic E-state index is 0.0568. The Balaban J connectivity index is 1.63. The summed E-state index contributed by atoms with van der Waals surface area (Å²) in [5.41, 5.74) is 1.87. The van der Waals surface area contributed by atoms with Gasteiger partial charge in [0.05, 0.1) is 30.3 Å². The molecule has 23 heavy (non-hydrogen) atoms. The second-order valence-electron chi connectivity index (χ2n) is 5.18. The van der Waals surface area contributed by atoms with Gasteiger partial charge in [-0.3, -0.25) is 4.79 Å². The van der Waals surface area contributed by atoms with E-state index in [-0.39, 0.29) is 5.91 Å². The van der Waals surface area contributed by atoms with E-state index >= 15 is 0 Å². The Labute approximate surface area is 139 Å². The Hall–Kier alpha value is -2.06. The van der Waals surface area contributed by atoms with E-state index in [1.54, 1.807) is 10.9 Å². The maximum absolute atomic E-state index is 12.2. The zero-order valence-corrected chi connectivity index (χ0v) is 13.8. The molecular formula is C15H19N5O2S. The third kappa shape index (κ3) is 4.02. The number of ether oxygens (including phenoxy) is 1. The van der Waals surface area contributed by atoms with Crippen molar-refractivity contribution in [3.8, 4) is 0 Å². The van der Waals surface area contributed by atoms with E-state index in [4.69, 9.17) is 4.74 Å². The van der Waals surface area contributed by atoms with Gasteiger partial charge in [0.1, 0.15) is 6.33 Å². The Bertz CT molecular complexity index is 669. The molecule has 1 amide bonds. The van der Waals surface area contributed by atoms with E-state index in [1.807, 2.05) is 31.3 Å². The van der Waals surface area contributed by atoms with Gasteiger partial charge >= 0.3 is 0 Å². The average Bonchev–Trinajstić information content (AvgIpc) is 2.99. The molecule has 1 saturated heterocycles. The van der Waals surface area contributed by atoms with Crippen molar-refractivity contribution in [3.63, 3.8) is 0 Å². The van der Waals surface area contributed by atoms with Crippen LogP contribution in [0.25, 0.3) is 0 Å².